The number of benzene rings is 2. The first-order chi connectivity index (χ1) is 8.24. The zero-order valence-electron chi connectivity index (χ0n) is 9.50. The fourth-order valence-electron chi connectivity index (χ4n) is 1.88. The summed E-state index contributed by atoms with van der Waals surface area (Å²) in [6, 6.07) is 13.6. The van der Waals surface area contributed by atoms with Gasteiger partial charge in [-0.15, -0.1) is 0 Å². The molecule has 0 bridgehead atoms. The second kappa shape index (κ2) is 6.24. The topological polar surface area (TPSA) is 0 Å². The summed E-state index contributed by atoms with van der Waals surface area (Å²) in [7, 11) is 0. The zero-order valence-corrected chi connectivity index (χ0v) is 15.0. The van der Waals surface area contributed by atoms with Crippen molar-refractivity contribution in [3.8, 4) is 0 Å². The Morgan fingerprint density at radius 2 is 1.24 bits per heavy atom. The van der Waals surface area contributed by atoms with Crippen LogP contribution in [0.15, 0.2) is 48.5 Å². The molecule has 2 rings (SSSR count). The van der Waals surface area contributed by atoms with Crippen LogP contribution in [0, 0.1) is 11.6 Å². The molecule has 0 aliphatic carbocycles. The van der Waals surface area contributed by atoms with Gasteiger partial charge in [0.1, 0.15) is 0 Å². The van der Waals surface area contributed by atoms with Crippen LogP contribution in [-0.2, 0) is 32.4 Å². The van der Waals surface area contributed by atoms with Crippen LogP contribution in [0.3, 0.4) is 0 Å². The van der Waals surface area contributed by atoms with E-state index in [-0.39, 0.29) is 11.6 Å². The molecule has 0 radical (unpaired) electrons. The summed E-state index contributed by atoms with van der Waals surface area (Å²) in [5.41, 5.74) is 2.17. The Balaban J connectivity index is 1.87. The summed E-state index contributed by atoms with van der Waals surface area (Å²) in [5.74, 6) is -0.330. The molecule has 3 heteroatoms. The Kier molecular flexibility index (Phi) is 4.66. The maximum atomic E-state index is 12.9. The molecular formula is C14H12F2Hg. The Morgan fingerprint density at radius 1 is 0.765 bits per heavy atom. The van der Waals surface area contributed by atoms with Crippen LogP contribution >= 0.6 is 0 Å². The Labute approximate surface area is 112 Å². The third-order valence-corrected chi connectivity index (χ3v) is 9.95. The number of hydrogen-bond acceptors (Lipinski definition) is 0. The Hall–Kier alpha value is -0.765. The predicted octanol–water partition coefficient (Wildman–Crippen LogP) is 3.75. The quantitative estimate of drug-likeness (QED) is 0.663. The molecule has 0 nitrogen and oxygen atoms in total. The monoisotopic (exact) mass is 420 g/mol. The van der Waals surface area contributed by atoms with Gasteiger partial charge in [0, 0.05) is 0 Å². The SMILES string of the molecule is Fc1cccc([CH2][Hg][CH2]c2cccc(F)c2)c1. The summed E-state index contributed by atoms with van der Waals surface area (Å²) in [6.07, 6.45) is 0. The first-order valence-corrected chi connectivity index (χ1v) is 13.5. The van der Waals surface area contributed by atoms with Gasteiger partial charge in [-0.2, -0.15) is 0 Å². The van der Waals surface area contributed by atoms with E-state index in [1.165, 1.54) is 12.1 Å². The van der Waals surface area contributed by atoms with Gasteiger partial charge in [-0.3, -0.25) is 0 Å². The van der Waals surface area contributed by atoms with Gasteiger partial charge in [-0.25, -0.2) is 0 Å². The molecule has 0 aliphatic heterocycles. The molecule has 0 saturated carbocycles. The van der Waals surface area contributed by atoms with Crippen molar-refractivity contribution in [3.05, 3.63) is 71.3 Å². The van der Waals surface area contributed by atoms with Crippen LogP contribution < -0.4 is 0 Å². The van der Waals surface area contributed by atoms with Crippen LogP contribution in [0.2, 0.25) is 0 Å². The van der Waals surface area contributed by atoms with Crippen LogP contribution in [0.5, 0.6) is 0 Å². The van der Waals surface area contributed by atoms with Crippen LogP contribution in [0.25, 0.3) is 0 Å². The minimum atomic E-state index is -1.10. The molecule has 2 aromatic rings. The summed E-state index contributed by atoms with van der Waals surface area (Å²) >= 11 is -1.10. The number of halogens is 2. The van der Waals surface area contributed by atoms with Gasteiger partial charge >= 0.3 is 113 Å². The predicted molar refractivity (Wildman–Crippen MR) is 60.2 cm³/mol. The molecule has 0 unspecified atom stereocenters. The van der Waals surface area contributed by atoms with Crippen molar-refractivity contribution in [1.82, 2.24) is 0 Å². The van der Waals surface area contributed by atoms with Crippen molar-refractivity contribution in [2.75, 3.05) is 0 Å². The first-order valence-electron chi connectivity index (χ1n) is 5.73. The van der Waals surface area contributed by atoms with Crippen molar-refractivity contribution in [3.63, 3.8) is 0 Å². The van der Waals surface area contributed by atoms with Gasteiger partial charge in [0.05, 0.1) is 0 Å². The Bertz CT molecular complexity index is 452. The molecule has 0 aromatic heterocycles. The van der Waals surface area contributed by atoms with Gasteiger partial charge in [0.25, 0.3) is 0 Å². The summed E-state index contributed by atoms with van der Waals surface area (Å²) < 4.78 is 28.0. The first kappa shape index (κ1) is 12.7. The number of hydrogen-bond donors (Lipinski definition) is 0. The summed E-state index contributed by atoms with van der Waals surface area (Å²) in [5, 5.41) is 0. The average Bonchev–Trinajstić information content (AvgIpc) is 2.29. The molecular weight excluding hydrogens is 407 g/mol. The van der Waals surface area contributed by atoms with Crippen molar-refractivity contribution < 1.29 is 33.4 Å². The van der Waals surface area contributed by atoms with E-state index >= 15 is 0 Å². The maximum absolute atomic E-state index is 12.9. The van der Waals surface area contributed by atoms with Gasteiger partial charge in [0.15, 0.2) is 0 Å². The normalized spacial score (nSPS) is 10.0. The van der Waals surface area contributed by atoms with Crippen LogP contribution in [0.1, 0.15) is 11.1 Å². The van der Waals surface area contributed by atoms with E-state index < -0.39 is 24.6 Å². The minimum absolute atomic E-state index is 0.165. The average molecular weight is 419 g/mol. The molecule has 2 aromatic carbocycles. The van der Waals surface area contributed by atoms with E-state index in [9.17, 15) is 8.78 Å². The third kappa shape index (κ3) is 4.19. The van der Waals surface area contributed by atoms with Gasteiger partial charge < -0.3 is 0 Å². The van der Waals surface area contributed by atoms with Crippen molar-refractivity contribution in [2.45, 2.75) is 7.86 Å². The van der Waals surface area contributed by atoms with Crippen molar-refractivity contribution in [1.29, 1.82) is 0 Å². The van der Waals surface area contributed by atoms with E-state index in [1.807, 2.05) is 12.1 Å². The Morgan fingerprint density at radius 3 is 1.65 bits per heavy atom. The van der Waals surface area contributed by atoms with Crippen LogP contribution in [0.4, 0.5) is 8.78 Å². The van der Waals surface area contributed by atoms with E-state index in [1.54, 1.807) is 24.3 Å². The van der Waals surface area contributed by atoms with Gasteiger partial charge in [-0.05, 0) is 0 Å². The van der Waals surface area contributed by atoms with E-state index in [2.05, 4.69) is 0 Å². The molecule has 0 atom stereocenters. The molecule has 0 fully saturated rings. The zero-order chi connectivity index (χ0) is 12.1. The van der Waals surface area contributed by atoms with Gasteiger partial charge in [0.2, 0.25) is 0 Å². The second-order valence-electron chi connectivity index (χ2n) is 4.11. The second-order valence-corrected chi connectivity index (χ2v) is 10.7. The van der Waals surface area contributed by atoms with Crippen molar-refractivity contribution in [2.24, 2.45) is 0 Å². The molecule has 0 amide bonds. The molecule has 0 saturated heterocycles. The number of rotatable bonds is 4. The molecule has 0 aliphatic rings. The molecule has 0 heterocycles. The van der Waals surface area contributed by atoms with Gasteiger partial charge in [-0.1, -0.05) is 0 Å². The summed E-state index contributed by atoms with van der Waals surface area (Å²) in [4.78, 5) is 0. The summed E-state index contributed by atoms with van der Waals surface area (Å²) in [6.45, 7) is 0. The molecule has 0 N–H and O–H groups in total. The molecule has 84 valence electrons. The molecule has 17 heavy (non-hydrogen) atoms. The van der Waals surface area contributed by atoms with E-state index in [4.69, 9.17) is 0 Å². The van der Waals surface area contributed by atoms with Crippen molar-refractivity contribution >= 4 is 0 Å². The third-order valence-electron chi connectivity index (χ3n) is 2.71. The fraction of sp³-hybridized carbons (Fsp3) is 0.143. The van der Waals surface area contributed by atoms with E-state index in [0.29, 0.717) is 0 Å². The molecule has 0 spiro atoms. The van der Waals surface area contributed by atoms with Crippen LogP contribution in [-0.4, -0.2) is 0 Å². The fourth-order valence-corrected chi connectivity index (χ4v) is 8.16. The van der Waals surface area contributed by atoms with E-state index in [0.717, 1.165) is 19.0 Å². The standard InChI is InChI=1S/2C7H6F.Hg/c2*1-6-3-2-4-7(8)5-6;/h2*2-5H,1H2;.